The zero-order valence-corrected chi connectivity index (χ0v) is 5.47. The van der Waals surface area contributed by atoms with Crippen LogP contribution in [0.1, 0.15) is 6.42 Å². The first-order valence-electron chi connectivity index (χ1n) is 3.35. The van der Waals surface area contributed by atoms with Crippen LogP contribution in [-0.2, 0) is 4.74 Å². The first kappa shape index (κ1) is 6.99. The standard InChI is InChI=1S/C6H13NO2/c8-3-1-6-5-9-4-2-7-6/h6-8H,1-5H2. The number of nitrogens with one attached hydrogen (secondary N) is 1. The molecule has 1 rings (SSSR count). The highest BCUT2D eigenvalue weighted by atomic mass is 16.5. The molecule has 0 aromatic rings. The monoisotopic (exact) mass is 131 g/mol. The fourth-order valence-electron chi connectivity index (χ4n) is 0.961. The molecule has 0 bridgehead atoms. The van der Waals surface area contributed by atoms with Gasteiger partial charge in [0.2, 0.25) is 0 Å². The minimum absolute atomic E-state index is 0.251. The van der Waals surface area contributed by atoms with Crippen molar-refractivity contribution in [3.05, 3.63) is 0 Å². The number of aliphatic hydroxyl groups excluding tert-OH is 1. The maximum Gasteiger partial charge on any atom is 0.0621 e. The van der Waals surface area contributed by atoms with Gasteiger partial charge in [0.25, 0.3) is 0 Å². The third kappa shape index (κ3) is 2.30. The Morgan fingerprint density at radius 1 is 1.67 bits per heavy atom. The van der Waals surface area contributed by atoms with Gasteiger partial charge in [0.1, 0.15) is 0 Å². The molecule has 1 heterocycles. The van der Waals surface area contributed by atoms with Gasteiger partial charge < -0.3 is 15.2 Å². The van der Waals surface area contributed by atoms with Gasteiger partial charge >= 0.3 is 0 Å². The van der Waals surface area contributed by atoms with Crippen LogP contribution in [0.15, 0.2) is 0 Å². The van der Waals surface area contributed by atoms with E-state index in [0.29, 0.717) is 6.04 Å². The Balaban J connectivity index is 2.08. The maximum atomic E-state index is 8.52. The fraction of sp³-hybridized carbons (Fsp3) is 1.00. The highest BCUT2D eigenvalue weighted by molar-refractivity contribution is 4.68. The summed E-state index contributed by atoms with van der Waals surface area (Å²) < 4.78 is 5.16. The average Bonchev–Trinajstić information content (AvgIpc) is 1.91. The Morgan fingerprint density at radius 3 is 3.11 bits per heavy atom. The summed E-state index contributed by atoms with van der Waals surface area (Å²) in [6.45, 7) is 2.73. The van der Waals surface area contributed by atoms with Crippen LogP contribution in [0.25, 0.3) is 0 Å². The first-order chi connectivity index (χ1) is 4.43. The zero-order chi connectivity index (χ0) is 6.53. The molecule has 1 fully saturated rings. The molecule has 3 nitrogen and oxygen atoms in total. The maximum absolute atomic E-state index is 8.52. The second kappa shape index (κ2) is 3.82. The van der Waals surface area contributed by atoms with Gasteiger partial charge in [-0.3, -0.25) is 0 Å². The number of hydrogen-bond donors (Lipinski definition) is 2. The Kier molecular flexibility index (Phi) is 2.97. The number of aliphatic hydroxyl groups is 1. The SMILES string of the molecule is OCCC1COCCN1. The molecule has 1 saturated heterocycles. The molecule has 0 aromatic carbocycles. The predicted octanol–water partition coefficient (Wildman–Crippen LogP) is -0.643. The van der Waals surface area contributed by atoms with Gasteiger partial charge in [-0.2, -0.15) is 0 Å². The van der Waals surface area contributed by atoms with E-state index in [1.165, 1.54) is 0 Å². The van der Waals surface area contributed by atoms with Crippen molar-refractivity contribution in [1.82, 2.24) is 5.32 Å². The van der Waals surface area contributed by atoms with Crippen molar-refractivity contribution in [3.63, 3.8) is 0 Å². The van der Waals surface area contributed by atoms with Gasteiger partial charge in [0.15, 0.2) is 0 Å². The molecule has 1 atom stereocenters. The summed E-state index contributed by atoms with van der Waals surface area (Å²) in [5.41, 5.74) is 0. The van der Waals surface area contributed by atoms with Crippen molar-refractivity contribution in [1.29, 1.82) is 0 Å². The number of ether oxygens (including phenoxy) is 1. The van der Waals surface area contributed by atoms with Crippen LogP contribution in [0.5, 0.6) is 0 Å². The second-order valence-electron chi connectivity index (χ2n) is 2.24. The van der Waals surface area contributed by atoms with E-state index < -0.39 is 0 Å². The van der Waals surface area contributed by atoms with Gasteiger partial charge in [-0.1, -0.05) is 0 Å². The third-order valence-corrected chi connectivity index (χ3v) is 1.48. The van der Waals surface area contributed by atoms with E-state index in [9.17, 15) is 0 Å². The van der Waals surface area contributed by atoms with Crippen molar-refractivity contribution in [2.24, 2.45) is 0 Å². The smallest absolute Gasteiger partial charge is 0.0621 e. The first-order valence-corrected chi connectivity index (χ1v) is 3.35. The van der Waals surface area contributed by atoms with Gasteiger partial charge in [0.05, 0.1) is 13.2 Å². The lowest BCUT2D eigenvalue weighted by atomic mass is 10.2. The molecule has 1 unspecified atom stereocenters. The van der Waals surface area contributed by atoms with Crippen molar-refractivity contribution < 1.29 is 9.84 Å². The van der Waals surface area contributed by atoms with Crippen LogP contribution in [-0.4, -0.2) is 37.5 Å². The fourth-order valence-corrected chi connectivity index (χ4v) is 0.961. The number of morpholine rings is 1. The molecular formula is C6H13NO2. The van der Waals surface area contributed by atoms with Crippen molar-refractivity contribution in [2.45, 2.75) is 12.5 Å². The number of hydrogen-bond acceptors (Lipinski definition) is 3. The summed E-state index contributed by atoms with van der Waals surface area (Å²) in [5.74, 6) is 0. The normalized spacial score (nSPS) is 28.3. The van der Waals surface area contributed by atoms with Crippen LogP contribution >= 0.6 is 0 Å². The summed E-state index contributed by atoms with van der Waals surface area (Å²) in [6, 6.07) is 0.378. The molecule has 0 aliphatic carbocycles. The molecular weight excluding hydrogens is 118 g/mol. The van der Waals surface area contributed by atoms with Crippen molar-refractivity contribution >= 4 is 0 Å². The highest BCUT2D eigenvalue weighted by Gasteiger charge is 2.10. The third-order valence-electron chi connectivity index (χ3n) is 1.48. The van der Waals surface area contributed by atoms with E-state index in [0.717, 1.165) is 26.2 Å². The molecule has 2 N–H and O–H groups in total. The predicted molar refractivity (Wildman–Crippen MR) is 34.3 cm³/mol. The summed E-state index contributed by atoms with van der Waals surface area (Å²) in [6.07, 6.45) is 0.806. The Bertz CT molecular complexity index is 68.7. The number of rotatable bonds is 2. The van der Waals surface area contributed by atoms with Crippen LogP contribution in [0.2, 0.25) is 0 Å². The largest absolute Gasteiger partial charge is 0.396 e. The van der Waals surface area contributed by atoms with Gasteiger partial charge in [-0.15, -0.1) is 0 Å². The summed E-state index contributed by atoms with van der Waals surface area (Å²) >= 11 is 0. The molecule has 0 spiro atoms. The summed E-state index contributed by atoms with van der Waals surface area (Å²) in [5, 5.41) is 11.8. The molecule has 54 valence electrons. The summed E-state index contributed by atoms with van der Waals surface area (Å²) in [4.78, 5) is 0. The molecule has 1 aliphatic rings. The van der Waals surface area contributed by atoms with E-state index in [1.54, 1.807) is 0 Å². The molecule has 3 heteroatoms. The zero-order valence-electron chi connectivity index (χ0n) is 5.47. The second-order valence-corrected chi connectivity index (χ2v) is 2.24. The molecule has 0 aromatic heterocycles. The van der Waals surface area contributed by atoms with Crippen molar-refractivity contribution in [3.8, 4) is 0 Å². The minimum Gasteiger partial charge on any atom is -0.396 e. The lowest BCUT2D eigenvalue weighted by Crippen LogP contribution is -2.41. The molecule has 0 saturated carbocycles. The lowest BCUT2D eigenvalue weighted by molar-refractivity contribution is 0.0677. The van der Waals surface area contributed by atoms with E-state index in [-0.39, 0.29) is 6.61 Å². The van der Waals surface area contributed by atoms with Gasteiger partial charge in [-0.05, 0) is 6.42 Å². The van der Waals surface area contributed by atoms with E-state index >= 15 is 0 Å². The summed E-state index contributed by atoms with van der Waals surface area (Å²) in [7, 11) is 0. The van der Waals surface area contributed by atoms with Crippen LogP contribution in [0, 0.1) is 0 Å². The average molecular weight is 131 g/mol. The van der Waals surface area contributed by atoms with Crippen LogP contribution < -0.4 is 5.32 Å². The van der Waals surface area contributed by atoms with Crippen LogP contribution in [0.4, 0.5) is 0 Å². The molecule has 1 aliphatic heterocycles. The molecule has 9 heavy (non-hydrogen) atoms. The van der Waals surface area contributed by atoms with E-state index in [1.807, 2.05) is 0 Å². The van der Waals surface area contributed by atoms with Gasteiger partial charge in [-0.25, -0.2) is 0 Å². The topological polar surface area (TPSA) is 41.5 Å². The molecule has 0 radical (unpaired) electrons. The van der Waals surface area contributed by atoms with Crippen molar-refractivity contribution in [2.75, 3.05) is 26.4 Å². The van der Waals surface area contributed by atoms with E-state index in [4.69, 9.17) is 9.84 Å². The Labute approximate surface area is 55.0 Å². The lowest BCUT2D eigenvalue weighted by Gasteiger charge is -2.22. The Hall–Kier alpha value is -0.120. The Morgan fingerprint density at radius 2 is 2.56 bits per heavy atom. The quantitative estimate of drug-likeness (QED) is 0.523. The minimum atomic E-state index is 0.251. The molecule has 0 amide bonds. The highest BCUT2D eigenvalue weighted by Crippen LogP contribution is 1.95. The van der Waals surface area contributed by atoms with E-state index in [2.05, 4.69) is 5.32 Å². The van der Waals surface area contributed by atoms with Gasteiger partial charge in [0, 0.05) is 19.2 Å². The van der Waals surface area contributed by atoms with Crippen LogP contribution in [0.3, 0.4) is 0 Å².